The molecule has 0 aliphatic carbocycles. The van der Waals surface area contributed by atoms with Gasteiger partial charge in [-0.05, 0) is 64.2 Å². The van der Waals surface area contributed by atoms with Gasteiger partial charge in [0.05, 0.1) is 0 Å². The Bertz CT molecular complexity index is 1250. The highest BCUT2D eigenvalue weighted by molar-refractivity contribution is 5.71. The number of carbonyl (C=O) groups is 3. The molecule has 0 fully saturated rings. The van der Waals surface area contributed by atoms with Crippen molar-refractivity contribution in [3.05, 3.63) is 60.8 Å². The van der Waals surface area contributed by atoms with Crippen molar-refractivity contribution < 1.29 is 28.6 Å². The fourth-order valence-corrected chi connectivity index (χ4v) is 8.59. The zero-order valence-electron chi connectivity index (χ0n) is 45.8. The van der Waals surface area contributed by atoms with E-state index in [-0.39, 0.29) is 31.1 Å². The molecule has 0 amide bonds. The minimum atomic E-state index is -0.772. The minimum Gasteiger partial charge on any atom is -0.462 e. The summed E-state index contributed by atoms with van der Waals surface area (Å²) in [6, 6.07) is 0. The van der Waals surface area contributed by atoms with Gasteiger partial charge in [0.15, 0.2) is 6.10 Å². The molecular formula is C63H112O6. The van der Waals surface area contributed by atoms with Crippen LogP contribution in [0.3, 0.4) is 0 Å². The summed E-state index contributed by atoms with van der Waals surface area (Å²) >= 11 is 0. The standard InChI is InChI=1S/C63H112O6/c1-4-7-10-13-16-19-21-23-25-27-29-30-31-32-33-34-35-37-38-40-42-44-47-50-53-56-62(65)68-59-60(58-67-61(64)55-52-49-46-18-15-12-9-6-3)69-63(66)57-54-51-48-45-43-41-39-36-28-26-24-22-20-17-14-11-8-5-2/h7,10,16,19,23,25,29-30,32-33,60H,4-6,8-9,11-15,17-18,20-22,24,26-28,31,34-59H2,1-3H3/b10-7-,19-16-,25-23-,30-29-,33-32-. The first kappa shape index (κ1) is 66.1. The molecule has 0 aromatic rings. The van der Waals surface area contributed by atoms with E-state index < -0.39 is 6.10 Å². The van der Waals surface area contributed by atoms with Crippen LogP contribution < -0.4 is 0 Å². The van der Waals surface area contributed by atoms with Crippen LogP contribution in [0, 0.1) is 0 Å². The van der Waals surface area contributed by atoms with E-state index in [0.29, 0.717) is 19.3 Å². The molecule has 0 spiro atoms. The van der Waals surface area contributed by atoms with Crippen LogP contribution in [0.15, 0.2) is 60.8 Å². The number of unbranched alkanes of at least 4 members (excludes halogenated alkanes) is 33. The Labute approximate surface area is 428 Å². The fourth-order valence-electron chi connectivity index (χ4n) is 8.59. The molecule has 0 saturated heterocycles. The summed E-state index contributed by atoms with van der Waals surface area (Å²) in [4.78, 5) is 38.0. The molecule has 400 valence electrons. The van der Waals surface area contributed by atoms with E-state index in [1.807, 2.05) is 0 Å². The summed E-state index contributed by atoms with van der Waals surface area (Å²) in [5, 5.41) is 0. The van der Waals surface area contributed by atoms with Crippen molar-refractivity contribution in [1.82, 2.24) is 0 Å². The number of hydrogen-bond acceptors (Lipinski definition) is 6. The predicted molar refractivity (Wildman–Crippen MR) is 298 cm³/mol. The molecule has 1 atom stereocenters. The van der Waals surface area contributed by atoms with Crippen molar-refractivity contribution in [2.75, 3.05) is 13.2 Å². The Balaban J connectivity index is 4.19. The molecule has 6 nitrogen and oxygen atoms in total. The van der Waals surface area contributed by atoms with E-state index in [9.17, 15) is 14.4 Å². The van der Waals surface area contributed by atoms with Crippen molar-refractivity contribution in [3.63, 3.8) is 0 Å². The lowest BCUT2D eigenvalue weighted by atomic mass is 10.0. The number of hydrogen-bond donors (Lipinski definition) is 0. The van der Waals surface area contributed by atoms with Crippen LogP contribution in [0.4, 0.5) is 0 Å². The minimum absolute atomic E-state index is 0.0720. The number of ether oxygens (including phenoxy) is 3. The summed E-state index contributed by atoms with van der Waals surface area (Å²) in [5.41, 5.74) is 0. The largest absolute Gasteiger partial charge is 0.462 e. The van der Waals surface area contributed by atoms with Gasteiger partial charge >= 0.3 is 17.9 Å². The summed E-state index contributed by atoms with van der Waals surface area (Å²) in [6.07, 6.45) is 72.3. The first-order chi connectivity index (χ1) is 34.0. The molecule has 0 saturated carbocycles. The normalized spacial score (nSPS) is 12.4. The van der Waals surface area contributed by atoms with Gasteiger partial charge in [-0.3, -0.25) is 14.4 Å². The van der Waals surface area contributed by atoms with Gasteiger partial charge in [-0.25, -0.2) is 0 Å². The van der Waals surface area contributed by atoms with E-state index in [4.69, 9.17) is 14.2 Å². The molecule has 0 aliphatic rings. The second-order valence-corrected chi connectivity index (χ2v) is 19.9. The van der Waals surface area contributed by atoms with Crippen LogP contribution in [-0.2, 0) is 28.6 Å². The lowest BCUT2D eigenvalue weighted by Crippen LogP contribution is -2.30. The highest BCUT2D eigenvalue weighted by Crippen LogP contribution is 2.17. The van der Waals surface area contributed by atoms with Crippen molar-refractivity contribution >= 4 is 17.9 Å². The lowest BCUT2D eigenvalue weighted by molar-refractivity contribution is -0.167. The number of allylic oxidation sites excluding steroid dienone is 10. The third-order valence-electron chi connectivity index (χ3n) is 13.0. The maximum Gasteiger partial charge on any atom is 0.306 e. The van der Waals surface area contributed by atoms with Crippen LogP contribution in [0.2, 0.25) is 0 Å². The highest BCUT2D eigenvalue weighted by atomic mass is 16.6. The van der Waals surface area contributed by atoms with Gasteiger partial charge in [0.2, 0.25) is 0 Å². The molecule has 0 radical (unpaired) electrons. The van der Waals surface area contributed by atoms with Crippen molar-refractivity contribution in [3.8, 4) is 0 Å². The predicted octanol–water partition coefficient (Wildman–Crippen LogP) is 20.0. The van der Waals surface area contributed by atoms with E-state index in [1.165, 1.54) is 167 Å². The molecule has 0 heterocycles. The zero-order chi connectivity index (χ0) is 50.0. The lowest BCUT2D eigenvalue weighted by Gasteiger charge is -2.18. The summed E-state index contributed by atoms with van der Waals surface area (Å²) in [7, 11) is 0. The monoisotopic (exact) mass is 965 g/mol. The Morgan fingerprint density at radius 1 is 0.304 bits per heavy atom. The molecular weight excluding hydrogens is 853 g/mol. The third-order valence-corrected chi connectivity index (χ3v) is 13.0. The molecule has 0 aromatic heterocycles. The Morgan fingerprint density at radius 2 is 0.565 bits per heavy atom. The van der Waals surface area contributed by atoms with Crippen LogP contribution >= 0.6 is 0 Å². The van der Waals surface area contributed by atoms with Crippen LogP contribution in [-0.4, -0.2) is 37.2 Å². The van der Waals surface area contributed by atoms with Gasteiger partial charge < -0.3 is 14.2 Å². The van der Waals surface area contributed by atoms with E-state index in [2.05, 4.69) is 81.5 Å². The smallest absolute Gasteiger partial charge is 0.306 e. The second-order valence-electron chi connectivity index (χ2n) is 19.9. The Kier molecular flexibility index (Phi) is 55.3. The van der Waals surface area contributed by atoms with Crippen molar-refractivity contribution in [2.45, 2.75) is 309 Å². The Hall–Kier alpha value is -2.89. The van der Waals surface area contributed by atoms with Gasteiger partial charge in [0, 0.05) is 19.3 Å². The maximum atomic E-state index is 12.8. The van der Waals surface area contributed by atoms with Crippen LogP contribution in [0.1, 0.15) is 303 Å². The van der Waals surface area contributed by atoms with Gasteiger partial charge in [0.25, 0.3) is 0 Å². The van der Waals surface area contributed by atoms with E-state index in [1.54, 1.807) is 0 Å². The summed E-state index contributed by atoms with van der Waals surface area (Å²) in [5.74, 6) is -0.868. The topological polar surface area (TPSA) is 78.9 Å². The average molecular weight is 966 g/mol. The van der Waals surface area contributed by atoms with Gasteiger partial charge in [-0.15, -0.1) is 0 Å². The number of esters is 3. The highest BCUT2D eigenvalue weighted by Gasteiger charge is 2.19. The zero-order valence-corrected chi connectivity index (χ0v) is 45.8. The first-order valence-electron chi connectivity index (χ1n) is 29.8. The van der Waals surface area contributed by atoms with Crippen LogP contribution in [0.5, 0.6) is 0 Å². The first-order valence-corrected chi connectivity index (χ1v) is 29.8. The molecule has 0 aliphatic heterocycles. The molecule has 0 bridgehead atoms. The molecule has 0 rings (SSSR count). The average Bonchev–Trinajstić information content (AvgIpc) is 3.35. The van der Waals surface area contributed by atoms with E-state index in [0.717, 1.165) is 96.3 Å². The van der Waals surface area contributed by atoms with Crippen molar-refractivity contribution in [2.24, 2.45) is 0 Å². The van der Waals surface area contributed by atoms with Gasteiger partial charge in [-0.1, -0.05) is 281 Å². The summed E-state index contributed by atoms with van der Waals surface area (Å²) in [6.45, 7) is 6.53. The van der Waals surface area contributed by atoms with Crippen molar-refractivity contribution in [1.29, 1.82) is 0 Å². The van der Waals surface area contributed by atoms with Gasteiger partial charge in [0.1, 0.15) is 13.2 Å². The Morgan fingerprint density at radius 3 is 0.884 bits per heavy atom. The van der Waals surface area contributed by atoms with Gasteiger partial charge in [-0.2, -0.15) is 0 Å². The molecule has 0 N–H and O–H groups in total. The SMILES string of the molecule is CC/C=C\C/C=C\C/C=C\C/C=C\C/C=C\CCCCCCCCCCCC(=O)OCC(COC(=O)CCCCCCCCCC)OC(=O)CCCCCCCCCCCCCCCCCCCC. The quantitative estimate of drug-likeness (QED) is 0.0262. The van der Waals surface area contributed by atoms with E-state index >= 15 is 0 Å². The summed E-state index contributed by atoms with van der Waals surface area (Å²) < 4.78 is 16.8. The molecule has 6 heteroatoms. The maximum absolute atomic E-state index is 12.8. The molecule has 0 aromatic carbocycles. The molecule has 1 unspecified atom stereocenters. The fraction of sp³-hybridized carbons (Fsp3) is 0.794. The second kappa shape index (κ2) is 57.7. The number of rotatable bonds is 54. The van der Waals surface area contributed by atoms with Crippen LogP contribution in [0.25, 0.3) is 0 Å². The third kappa shape index (κ3) is 55.9. The number of carbonyl (C=O) groups excluding carboxylic acids is 3. The molecule has 69 heavy (non-hydrogen) atoms.